The van der Waals surface area contributed by atoms with Crippen LogP contribution >= 0.6 is 0 Å². The Labute approximate surface area is 198 Å². The van der Waals surface area contributed by atoms with Gasteiger partial charge in [0.15, 0.2) is 0 Å². The van der Waals surface area contributed by atoms with Gasteiger partial charge in [-0.05, 0) is 44.9 Å². The first-order chi connectivity index (χ1) is 15.7. The van der Waals surface area contributed by atoms with E-state index in [0.29, 0.717) is 13.0 Å². The molecule has 0 bridgehead atoms. The molecule has 0 radical (unpaired) electrons. The van der Waals surface area contributed by atoms with Crippen molar-refractivity contribution in [2.24, 2.45) is 0 Å². The third kappa shape index (κ3) is 23.3. The summed E-state index contributed by atoms with van der Waals surface area (Å²) >= 11 is 0. The average Bonchev–Trinajstić information content (AvgIpc) is 2.80. The number of hydrogen-bond acceptors (Lipinski definition) is 4. The maximum atomic E-state index is 11.6. The molecule has 0 fully saturated rings. The van der Waals surface area contributed by atoms with Gasteiger partial charge in [-0.3, -0.25) is 4.79 Å². The Morgan fingerprint density at radius 3 is 2.00 bits per heavy atom. The van der Waals surface area contributed by atoms with Gasteiger partial charge in [0.2, 0.25) is 0 Å². The van der Waals surface area contributed by atoms with Crippen LogP contribution in [-0.2, 0) is 14.3 Å². The largest absolute Gasteiger partial charge is 0.457 e. The zero-order valence-corrected chi connectivity index (χ0v) is 20.9. The third-order valence-electron chi connectivity index (χ3n) is 5.23. The van der Waals surface area contributed by atoms with Gasteiger partial charge in [0, 0.05) is 13.0 Å². The highest BCUT2D eigenvalue weighted by Crippen LogP contribution is 2.10. The average molecular weight is 451 g/mol. The van der Waals surface area contributed by atoms with Gasteiger partial charge < -0.3 is 14.6 Å². The molecule has 0 aromatic heterocycles. The van der Waals surface area contributed by atoms with Crippen molar-refractivity contribution in [2.45, 2.75) is 116 Å². The number of esters is 1. The van der Waals surface area contributed by atoms with Crippen LogP contribution in [0.4, 0.5) is 0 Å². The van der Waals surface area contributed by atoms with E-state index in [1.165, 1.54) is 51.4 Å². The van der Waals surface area contributed by atoms with Crippen molar-refractivity contribution in [2.75, 3.05) is 19.8 Å². The molecule has 0 aliphatic rings. The van der Waals surface area contributed by atoms with Gasteiger partial charge in [0.05, 0.1) is 13.2 Å². The van der Waals surface area contributed by atoms with Crippen LogP contribution in [0.2, 0.25) is 0 Å². The Morgan fingerprint density at radius 1 is 0.781 bits per heavy atom. The zero-order chi connectivity index (χ0) is 23.5. The SMILES string of the molecule is CC/C=C\C/C=C\C/C=C\CCCCCCCCCCOCC(CO)OC(=O)CCCC. The Balaban J connectivity index is 3.37. The molecule has 1 unspecified atom stereocenters. The van der Waals surface area contributed by atoms with Crippen molar-refractivity contribution >= 4 is 5.97 Å². The molecule has 0 amide bonds. The van der Waals surface area contributed by atoms with Gasteiger partial charge in [-0.2, -0.15) is 0 Å². The predicted molar refractivity (Wildman–Crippen MR) is 136 cm³/mol. The second-order valence-electron chi connectivity index (χ2n) is 8.38. The van der Waals surface area contributed by atoms with Crippen LogP contribution < -0.4 is 0 Å². The summed E-state index contributed by atoms with van der Waals surface area (Å²) in [6.45, 7) is 4.97. The zero-order valence-electron chi connectivity index (χ0n) is 20.9. The van der Waals surface area contributed by atoms with Crippen LogP contribution in [0.1, 0.15) is 110 Å². The van der Waals surface area contributed by atoms with Crippen molar-refractivity contribution in [1.82, 2.24) is 0 Å². The van der Waals surface area contributed by atoms with Crippen LogP contribution in [0, 0.1) is 0 Å². The monoisotopic (exact) mass is 450 g/mol. The van der Waals surface area contributed by atoms with Gasteiger partial charge in [-0.25, -0.2) is 0 Å². The molecule has 0 heterocycles. The number of aliphatic hydroxyl groups excluding tert-OH is 1. The van der Waals surface area contributed by atoms with Crippen LogP contribution in [0.5, 0.6) is 0 Å². The van der Waals surface area contributed by atoms with Gasteiger partial charge in [0.25, 0.3) is 0 Å². The summed E-state index contributed by atoms with van der Waals surface area (Å²) in [4.78, 5) is 11.6. The van der Waals surface area contributed by atoms with Gasteiger partial charge in [-0.1, -0.05) is 95.2 Å². The van der Waals surface area contributed by atoms with Crippen molar-refractivity contribution in [3.05, 3.63) is 36.5 Å². The fourth-order valence-corrected chi connectivity index (χ4v) is 3.26. The molecule has 4 heteroatoms. The summed E-state index contributed by atoms with van der Waals surface area (Å²) in [5.41, 5.74) is 0. The van der Waals surface area contributed by atoms with E-state index in [2.05, 4.69) is 43.4 Å². The van der Waals surface area contributed by atoms with E-state index in [1.807, 2.05) is 6.92 Å². The lowest BCUT2D eigenvalue weighted by Gasteiger charge is -2.15. The van der Waals surface area contributed by atoms with Crippen molar-refractivity contribution < 1.29 is 19.4 Å². The van der Waals surface area contributed by atoms with E-state index in [4.69, 9.17) is 9.47 Å². The Kier molecular flexibility index (Phi) is 24.7. The van der Waals surface area contributed by atoms with Crippen molar-refractivity contribution in [3.63, 3.8) is 0 Å². The molecule has 0 saturated heterocycles. The molecule has 186 valence electrons. The second-order valence-corrected chi connectivity index (χ2v) is 8.38. The summed E-state index contributed by atoms with van der Waals surface area (Å²) in [5, 5.41) is 9.29. The van der Waals surface area contributed by atoms with Crippen molar-refractivity contribution in [1.29, 1.82) is 0 Å². The van der Waals surface area contributed by atoms with Crippen LogP contribution in [0.3, 0.4) is 0 Å². The smallest absolute Gasteiger partial charge is 0.306 e. The van der Waals surface area contributed by atoms with Crippen LogP contribution in [0.25, 0.3) is 0 Å². The van der Waals surface area contributed by atoms with E-state index >= 15 is 0 Å². The number of aliphatic hydroxyl groups is 1. The summed E-state index contributed by atoms with van der Waals surface area (Å²) in [5.74, 6) is -0.242. The van der Waals surface area contributed by atoms with E-state index in [1.54, 1.807) is 0 Å². The molecule has 0 aliphatic heterocycles. The second kappa shape index (κ2) is 25.9. The lowest BCUT2D eigenvalue weighted by atomic mass is 10.1. The summed E-state index contributed by atoms with van der Waals surface area (Å²) in [6.07, 6.45) is 29.6. The van der Waals surface area contributed by atoms with Gasteiger partial charge >= 0.3 is 5.97 Å². The lowest BCUT2D eigenvalue weighted by Crippen LogP contribution is -2.27. The minimum Gasteiger partial charge on any atom is -0.457 e. The Morgan fingerprint density at radius 2 is 1.38 bits per heavy atom. The molecule has 1 atom stereocenters. The maximum Gasteiger partial charge on any atom is 0.306 e. The van der Waals surface area contributed by atoms with E-state index < -0.39 is 6.10 Å². The number of carbonyl (C=O) groups is 1. The van der Waals surface area contributed by atoms with E-state index in [-0.39, 0.29) is 19.2 Å². The summed E-state index contributed by atoms with van der Waals surface area (Å²) in [7, 11) is 0. The molecule has 4 nitrogen and oxygen atoms in total. The first-order valence-electron chi connectivity index (χ1n) is 13.1. The molecular weight excluding hydrogens is 400 g/mol. The highest BCUT2D eigenvalue weighted by molar-refractivity contribution is 5.69. The number of carbonyl (C=O) groups excluding carboxylic acids is 1. The fourth-order valence-electron chi connectivity index (χ4n) is 3.26. The molecule has 0 spiro atoms. The summed E-state index contributed by atoms with van der Waals surface area (Å²) < 4.78 is 10.8. The van der Waals surface area contributed by atoms with Gasteiger partial charge in [0.1, 0.15) is 6.10 Å². The Bertz CT molecular complexity index is 482. The highest BCUT2D eigenvalue weighted by atomic mass is 16.6. The van der Waals surface area contributed by atoms with E-state index in [9.17, 15) is 9.90 Å². The number of allylic oxidation sites excluding steroid dienone is 6. The predicted octanol–water partition coefficient (Wildman–Crippen LogP) is 7.47. The van der Waals surface area contributed by atoms with Crippen LogP contribution in [0.15, 0.2) is 36.5 Å². The first-order valence-corrected chi connectivity index (χ1v) is 13.1. The molecular formula is C28H50O4. The number of ether oxygens (including phenoxy) is 2. The normalized spacial score (nSPS) is 13.0. The molecule has 1 N–H and O–H groups in total. The van der Waals surface area contributed by atoms with Crippen molar-refractivity contribution in [3.8, 4) is 0 Å². The summed E-state index contributed by atoms with van der Waals surface area (Å²) in [6, 6.07) is 0. The third-order valence-corrected chi connectivity index (χ3v) is 5.23. The minimum absolute atomic E-state index is 0.179. The number of unbranched alkanes of at least 4 members (excludes halogenated alkanes) is 9. The lowest BCUT2D eigenvalue weighted by molar-refractivity contribution is -0.154. The first kappa shape index (κ1) is 30.6. The van der Waals surface area contributed by atoms with Gasteiger partial charge in [-0.15, -0.1) is 0 Å². The quantitative estimate of drug-likeness (QED) is 0.0996. The molecule has 0 aliphatic carbocycles. The number of rotatable bonds is 23. The molecule has 32 heavy (non-hydrogen) atoms. The molecule has 0 rings (SSSR count). The molecule has 0 saturated carbocycles. The molecule has 0 aromatic carbocycles. The van der Waals surface area contributed by atoms with Crippen LogP contribution in [-0.4, -0.2) is 37.0 Å². The maximum absolute atomic E-state index is 11.6. The Hall–Kier alpha value is -1.39. The highest BCUT2D eigenvalue weighted by Gasteiger charge is 2.13. The minimum atomic E-state index is -0.529. The molecule has 0 aromatic rings. The topological polar surface area (TPSA) is 55.8 Å². The standard InChI is InChI=1S/C28H50O4/c1-3-5-7-8-9-10-11-12-13-14-15-16-17-18-19-20-21-22-24-31-26-27(25-29)32-28(30)23-6-4-2/h5,7,9-10,12-13,27,29H,3-4,6,8,11,14-26H2,1-2H3/b7-5-,10-9-,13-12-. The van der Waals surface area contributed by atoms with E-state index in [0.717, 1.165) is 38.5 Å². The number of hydrogen-bond donors (Lipinski definition) is 1. The fraction of sp³-hybridized carbons (Fsp3) is 0.750.